The lowest BCUT2D eigenvalue weighted by Crippen LogP contribution is -2.44. The number of hydrogen-bond acceptors (Lipinski definition) is 4. The van der Waals surface area contributed by atoms with Crippen LogP contribution in [0.1, 0.15) is 18.9 Å². The fourth-order valence-corrected chi connectivity index (χ4v) is 4.09. The Balaban J connectivity index is 0.00000312. The van der Waals surface area contributed by atoms with Crippen LogP contribution in [0.15, 0.2) is 29.3 Å². The summed E-state index contributed by atoms with van der Waals surface area (Å²) in [5.41, 5.74) is 0.712. The van der Waals surface area contributed by atoms with E-state index >= 15 is 0 Å². The second-order valence-electron chi connectivity index (χ2n) is 5.47. The molecule has 1 aliphatic rings. The lowest BCUT2D eigenvalue weighted by molar-refractivity contribution is -0.0498. The van der Waals surface area contributed by atoms with Crippen LogP contribution in [0.5, 0.6) is 5.75 Å². The van der Waals surface area contributed by atoms with Gasteiger partial charge in [0.2, 0.25) is 0 Å². The van der Waals surface area contributed by atoms with E-state index in [2.05, 4.69) is 20.4 Å². The second kappa shape index (κ2) is 10.1. The molecule has 0 spiro atoms. The maximum absolute atomic E-state index is 12.2. The number of nitrogens with zero attached hydrogens (tertiary/aromatic N) is 1. The standard InChI is InChI=1S/C15H21F2N3O3S.HI/c1-2-18-15(20-12-6-7-24(21,22)10-12)19-9-11-4-3-5-13(8-11)23-14(16)17;/h3-5,8,12,14H,2,6-7,9-10H2,1H3,(H2,18,19,20);1H. The van der Waals surface area contributed by atoms with Gasteiger partial charge in [-0.1, -0.05) is 12.1 Å². The van der Waals surface area contributed by atoms with Gasteiger partial charge >= 0.3 is 6.61 Å². The van der Waals surface area contributed by atoms with Crippen molar-refractivity contribution in [3.63, 3.8) is 0 Å². The van der Waals surface area contributed by atoms with Crippen molar-refractivity contribution in [2.45, 2.75) is 32.5 Å². The van der Waals surface area contributed by atoms with Gasteiger partial charge in [0.1, 0.15) is 5.75 Å². The number of ether oxygens (including phenoxy) is 1. The number of alkyl halides is 2. The van der Waals surface area contributed by atoms with Crippen LogP contribution in [-0.2, 0) is 16.4 Å². The SMILES string of the molecule is CCNC(=NCc1cccc(OC(F)F)c1)NC1CCS(=O)(=O)C1.I. The number of rotatable bonds is 6. The quantitative estimate of drug-likeness (QED) is 0.364. The van der Waals surface area contributed by atoms with Gasteiger partial charge in [0.25, 0.3) is 0 Å². The molecule has 0 aromatic heterocycles. The van der Waals surface area contributed by atoms with Crippen molar-refractivity contribution in [3.8, 4) is 5.75 Å². The van der Waals surface area contributed by atoms with E-state index in [1.165, 1.54) is 12.1 Å². The van der Waals surface area contributed by atoms with Gasteiger partial charge in [-0.05, 0) is 31.0 Å². The summed E-state index contributed by atoms with van der Waals surface area (Å²) in [6.45, 7) is -0.0820. The summed E-state index contributed by atoms with van der Waals surface area (Å²) >= 11 is 0. The lowest BCUT2D eigenvalue weighted by Gasteiger charge is -2.15. The van der Waals surface area contributed by atoms with E-state index in [4.69, 9.17) is 0 Å². The summed E-state index contributed by atoms with van der Waals surface area (Å²) in [4.78, 5) is 4.37. The molecule has 0 aliphatic carbocycles. The topological polar surface area (TPSA) is 79.8 Å². The highest BCUT2D eigenvalue weighted by atomic mass is 127. The molecule has 1 atom stereocenters. The summed E-state index contributed by atoms with van der Waals surface area (Å²) in [7, 11) is -2.97. The fraction of sp³-hybridized carbons (Fsp3) is 0.533. The minimum Gasteiger partial charge on any atom is -0.435 e. The fourth-order valence-electron chi connectivity index (χ4n) is 2.41. The van der Waals surface area contributed by atoms with Gasteiger partial charge in [-0.15, -0.1) is 24.0 Å². The second-order valence-corrected chi connectivity index (χ2v) is 7.69. The predicted octanol–water partition coefficient (Wildman–Crippen LogP) is 2.15. The number of aliphatic imine (C=N–C) groups is 1. The van der Waals surface area contributed by atoms with Gasteiger partial charge in [-0.25, -0.2) is 13.4 Å². The van der Waals surface area contributed by atoms with Gasteiger partial charge in [-0.2, -0.15) is 8.78 Å². The molecule has 0 amide bonds. The highest BCUT2D eigenvalue weighted by Crippen LogP contribution is 2.16. The van der Waals surface area contributed by atoms with E-state index in [1.54, 1.807) is 12.1 Å². The molecule has 2 rings (SSSR count). The first-order valence-corrected chi connectivity index (χ1v) is 9.49. The van der Waals surface area contributed by atoms with Gasteiger partial charge in [0.15, 0.2) is 15.8 Å². The molecule has 0 bridgehead atoms. The maximum Gasteiger partial charge on any atom is 0.387 e. The summed E-state index contributed by atoms with van der Waals surface area (Å²) < 4.78 is 51.9. The zero-order chi connectivity index (χ0) is 17.6. The Labute approximate surface area is 163 Å². The van der Waals surface area contributed by atoms with Crippen LogP contribution in [0.25, 0.3) is 0 Å². The zero-order valence-corrected chi connectivity index (χ0v) is 16.9. The third kappa shape index (κ3) is 7.72. The van der Waals surface area contributed by atoms with Crippen LogP contribution < -0.4 is 15.4 Å². The molecule has 1 aliphatic heterocycles. The Kier molecular flexibility index (Phi) is 8.83. The van der Waals surface area contributed by atoms with Gasteiger partial charge in [0, 0.05) is 12.6 Å². The third-order valence-corrected chi connectivity index (χ3v) is 5.23. The predicted molar refractivity (Wildman–Crippen MR) is 103 cm³/mol. The number of benzene rings is 1. The Hall–Kier alpha value is -1.17. The van der Waals surface area contributed by atoms with E-state index in [-0.39, 0.29) is 53.8 Å². The van der Waals surface area contributed by atoms with Crippen molar-refractivity contribution in [1.82, 2.24) is 10.6 Å². The average Bonchev–Trinajstić information content (AvgIpc) is 2.84. The monoisotopic (exact) mass is 489 g/mol. The van der Waals surface area contributed by atoms with Crippen LogP contribution in [0.4, 0.5) is 8.78 Å². The molecular formula is C15H22F2IN3O3S. The van der Waals surface area contributed by atoms with Crippen molar-refractivity contribution in [3.05, 3.63) is 29.8 Å². The highest BCUT2D eigenvalue weighted by Gasteiger charge is 2.28. The number of halogens is 3. The minimum absolute atomic E-state index is 0. The van der Waals surface area contributed by atoms with E-state index in [9.17, 15) is 17.2 Å². The Morgan fingerprint density at radius 1 is 1.44 bits per heavy atom. The Bertz CT molecular complexity index is 686. The molecule has 1 heterocycles. The molecular weight excluding hydrogens is 467 g/mol. The summed E-state index contributed by atoms with van der Waals surface area (Å²) in [6, 6.07) is 6.16. The molecule has 1 saturated heterocycles. The van der Waals surface area contributed by atoms with Crippen molar-refractivity contribution in [2.24, 2.45) is 4.99 Å². The maximum atomic E-state index is 12.2. The van der Waals surface area contributed by atoms with Crippen molar-refractivity contribution >= 4 is 39.8 Å². The molecule has 6 nitrogen and oxygen atoms in total. The number of hydrogen-bond donors (Lipinski definition) is 2. The van der Waals surface area contributed by atoms with Crippen LogP contribution in [0.3, 0.4) is 0 Å². The lowest BCUT2D eigenvalue weighted by atomic mass is 10.2. The Morgan fingerprint density at radius 2 is 2.20 bits per heavy atom. The largest absolute Gasteiger partial charge is 0.435 e. The van der Waals surface area contributed by atoms with Crippen LogP contribution >= 0.6 is 24.0 Å². The summed E-state index contributed by atoms with van der Waals surface area (Å²) in [5, 5.41) is 6.14. The van der Waals surface area contributed by atoms with Crippen LogP contribution in [-0.4, -0.2) is 45.1 Å². The number of guanidine groups is 1. The molecule has 0 radical (unpaired) electrons. The molecule has 2 N–H and O–H groups in total. The minimum atomic E-state index is -2.97. The van der Waals surface area contributed by atoms with Crippen molar-refractivity contribution in [2.75, 3.05) is 18.1 Å². The average molecular weight is 489 g/mol. The van der Waals surface area contributed by atoms with Crippen LogP contribution in [0.2, 0.25) is 0 Å². The highest BCUT2D eigenvalue weighted by molar-refractivity contribution is 14.0. The van der Waals surface area contributed by atoms with E-state index in [0.29, 0.717) is 24.5 Å². The van der Waals surface area contributed by atoms with E-state index in [1.807, 2.05) is 6.92 Å². The van der Waals surface area contributed by atoms with E-state index in [0.717, 1.165) is 0 Å². The molecule has 25 heavy (non-hydrogen) atoms. The number of nitrogens with one attached hydrogen (secondary N) is 2. The molecule has 1 fully saturated rings. The Morgan fingerprint density at radius 3 is 2.80 bits per heavy atom. The van der Waals surface area contributed by atoms with Gasteiger partial charge < -0.3 is 15.4 Å². The van der Waals surface area contributed by atoms with Crippen molar-refractivity contribution < 1.29 is 21.9 Å². The third-order valence-electron chi connectivity index (χ3n) is 3.46. The molecule has 1 unspecified atom stereocenters. The first-order valence-electron chi connectivity index (χ1n) is 7.67. The molecule has 0 saturated carbocycles. The summed E-state index contributed by atoms with van der Waals surface area (Å²) in [6.07, 6.45) is 0.546. The van der Waals surface area contributed by atoms with Crippen molar-refractivity contribution in [1.29, 1.82) is 0 Å². The van der Waals surface area contributed by atoms with Gasteiger partial charge in [0.05, 0.1) is 18.1 Å². The first kappa shape index (κ1) is 21.9. The first-order chi connectivity index (χ1) is 11.4. The molecule has 1 aromatic carbocycles. The summed E-state index contributed by atoms with van der Waals surface area (Å²) in [5.74, 6) is 0.851. The normalized spacial score (nSPS) is 19.4. The molecule has 1 aromatic rings. The van der Waals surface area contributed by atoms with Gasteiger partial charge in [-0.3, -0.25) is 0 Å². The number of sulfone groups is 1. The zero-order valence-electron chi connectivity index (χ0n) is 13.7. The smallest absolute Gasteiger partial charge is 0.387 e. The molecule has 10 heteroatoms. The van der Waals surface area contributed by atoms with Crippen LogP contribution in [0, 0.1) is 0 Å². The molecule has 142 valence electrons. The van der Waals surface area contributed by atoms with E-state index < -0.39 is 16.4 Å².